The summed E-state index contributed by atoms with van der Waals surface area (Å²) in [6, 6.07) is 2.25. The molecule has 0 spiro atoms. The second kappa shape index (κ2) is 11.8. The lowest BCUT2D eigenvalue weighted by Crippen LogP contribution is -2.41. The molecular weight excluding hydrogens is 503 g/mol. The van der Waals surface area contributed by atoms with Gasteiger partial charge in [0.2, 0.25) is 0 Å². The third-order valence-electron chi connectivity index (χ3n) is 6.14. The van der Waals surface area contributed by atoms with Crippen molar-refractivity contribution in [3.63, 3.8) is 0 Å². The average Bonchev–Trinajstić information content (AvgIpc) is 2.63. The van der Waals surface area contributed by atoms with Crippen LogP contribution in [0, 0.1) is 0 Å². The SMILES string of the molecule is CC(C)OP(=O)(Oc1cc(C(=O)O)cc(C(=O)O)c1C(C)(C)CCO[Si](C)(C)C(C)(C)C)OC(C)C. The Balaban J connectivity index is 3.65. The molecule has 0 aromatic heterocycles. The fourth-order valence-electron chi connectivity index (χ4n) is 3.29. The van der Waals surface area contributed by atoms with Crippen molar-refractivity contribution >= 4 is 28.1 Å². The normalized spacial score (nSPS) is 13.4. The number of phosphoric ester groups is 1. The Kier molecular flexibility index (Phi) is 10.6. The van der Waals surface area contributed by atoms with Crippen LogP contribution in [0.1, 0.15) is 95.0 Å². The van der Waals surface area contributed by atoms with E-state index in [9.17, 15) is 24.4 Å². The van der Waals surface area contributed by atoms with E-state index in [-0.39, 0.29) is 27.5 Å². The first-order chi connectivity index (χ1) is 16.1. The fraction of sp³-hybridized carbons (Fsp3) is 0.680. The van der Waals surface area contributed by atoms with E-state index in [1.54, 1.807) is 27.7 Å². The largest absolute Gasteiger partial charge is 0.530 e. The molecule has 0 bridgehead atoms. The van der Waals surface area contributed by atoms with Gasteiger partial charge in [-0.05, 0) is 69.8 Å². The van der Waals surface area contributed by atoms with Crippen LogP contribution in [-0.4, -0.2) is 49.3 Å². The summed E-state index contributed by atoms with van der Waals surface area (Å²) in [5.74, 6) is -2.85. The molecule has 0 atom stereocenters. The van der Waals surface area contributed by atoms with Crippen LogP contribution in [0.4, 0.5) is 0 Å². The smallest absolute Gasteiger partial charge is 0.478 e. The molecule has 0 saturated carbocycles. The van der Waals surface area contributed by atoms with Crippen LogP contribution in [0.2, 0.25) is 18.1 Å². The highest BCUT2D eigenvalue weighted by Gasteiger charge is 2.40. The third-order valence-corrected chi connectivity index (χ3v) is 12.5. The predicted octanol–water partition coefficient (Wildman–Crippen LogP) is 7.11. The molecule has 0 fully saturated rings. The molecule has 0 saturated heterocycles. The number of benzene rings is 1. The number of carboxylic acids is 2. The number of rotatable bonds is 13. The highest BCUT2D eigenvalue weighted by Crippen LogP contribution is 2.54. The first kappa shape index (κ1) is 32.3. The minimum absolute atomic E-state index is 0.00418. The number of carboxylic acid groups (broad SMARTS) is 2. The number of carbonyl (C=O) groups is 2. The standard InChI is InChI=1S/C25H43O9PSi/c1-16(2)32-35(30,33-17(3)4)34-20-15-18(22(26)27)14-19(23(28)29)21(20)25(8,9)12-13-31-36(10,11)24(5,6)7/h14-17H,12-13H2,1-11H3,(H,26,27)(H,28,29). The van der Waals surface area contributed by atoms with Gasteiger partial charge in [-0.1, -0.05) is 34.6 Å². The molecule has 11 heteroatoms. The second-order valence-corrected chi connectivity index (χ2v) is 17.9. The molecule has 206 valence electrons. The number of phosphoric acid groups is 1. The van der Waals surface area contributed by atoms with Crippen LogP contribution in [0.3, 0.4) is 0 Å². The molecule has 1 aromatic rings. The van der Waals surface area contributed by atoms with Crippen molar-refractivity contribution in [2.75, 3.05) is 6.61 Å². The summed E-state index contributed by atoms with van der Waals surface area (Å²) in [5.41, 5.74) is -1.25. The highest BCUT2D eigenvalue weighted by molar-refractivity contribution is 7.49. The molecule has 9 nitrogen and oxygen atoms in total. The predicted molar refractivity (Wildman–Crippen MR) is 142 cm³/mol. The Morgan fingerprint density at radius 3 is 1.83 bits per heavy atom. The summed E-state index contributed by atoms with van der Waals surface area (Å²) < 4.78 is 36.6. The zero-order valence-electron chi connectivity index (χ0n) is 23.4. The Labute approximate surface area is 216 Å². The topological polar surface area (TPSA) is 129 Å². The van der Waals surface area contributed by atoms with Gasteiger partial charge in [-0.15, -0.1) is 0 Å². The molecule has 0 radical (unpaired) electrons. The van der Waals surface area contributed by atoms with Crippen LogP contribution >= 0.6 is 7.82 Å². The summed E-state index contributed by atoms with van der Waals surface area (Å²) in [5, 5.41) is 19.6. The summed E-state index contributed by atoms with van der Waals surface area (Å²) in [6.07, 6.45) is -0.667. The van der Waals surface area contributed by atoms with E-state index in [2.05, 4.69) is 33.9 Å². The zero-order chi connectivity index (χ0) is 28.3. The second-order valence-electron chi connectivity index (χ2n) is 11.6. The van der Waals surface area contributed by atoms with E-state index in [1.807, 2.05) is 13.8 Å². The van der Waals surface area contributed by atoms with Crippen molar-refractivity contribution in [1.82, 2.24) is 0 Å². The molecule has 1 rings (SSSR count). The first-order valence-corrected chi connectivity index (χ1v) is 16.4. The lowest BCUT2D eigenvalue weighted by atomic mass is 9.78. The van der Waals surface area contributed by atoms with Gasteiger partial charge < -0.3 is 19.2 Å². The highest BCUT2D eigenvalue weighted by atomic mass is 31.2. The van der Waals surface area contributed by atoms with E-state index in [1.165, 1.54) is 6.07 Å². The third kappa shape index (κ3) is 8.70. The maximum atomic E-state index is 13.5. The Morgan fingerprint density at radius 2 is 1.44 bits per heavy atom. The lowest BCUT2D eigenvalue weighted by Gasteiger charge is -2.37. The van der Waals surface area contributed by atoms with Crippen LogP contribution < -0.4 is 4.52 Å². The maximum absolute atomic E-state index is 13.5. The molecular formula is C25H43O9PSi. The van der Waals surface area contributed by atoms with Crippen molar-refractivity contribution < 1.29 is 42.4 Å². The molecule has 0 amide bonds. The molecule has 0 unspecified atom stereocenters. The average molecular weight is 547 g/mol. The van der Waals surface area contributed by atoms with Gasteiger partial charge in [0, 0.05) is 12.2 Å². The van der Waals surface area contributed by atoms with E-state index in [4.69, 9.17) is 18.0 Å². The van der Waals surface area contributed by atoms with Gasteiger partial charge in [0.05, 0.1) is 23.3 Å². The quantitative estimate of drug-likeness (QED) is 0.196. The maximum Gasteiger partial charge on any atom is 0.530 e. The number of hydrogen-bond acceptors (Lipinski definition) is 7. The minimum atomic E-state index is -4.23. The molecule has 0 aliphatic rings. The lowest BCUT2D eigenvalue weighted by molar-refractivity contribution is 0.0689. The van der Waals surface area contributed by atoms with Gasteiger partial charge >= 0.3 is 19.8 Å². The Morgan fingerprint density at radius 1 is 0.944 bits per heavy atom. The van der Waals surface area contributed by atoms with Crippen molar-refractivity contribution in [1.29, 1.82) is 0 Å². The fourth-order valence-corrected chi connectivity index (χ4v) is 5.88. The van der Waals surface area contributed by atoms with Crippen LogP contribution in [0.25, 0.3) is 0 Å². The first-order valence-electron chi connectivity index (χ1n) is 12.1. The van der Waals surface area contributed by atoms with Crippen LogP contribution in [0.5, 0.6) is 5.75 Å². The molecule has 0 aliphatic carbocycles. The minimum Gasteiger partial charge on any atom is -0.478 e. The summed E-state index contributed by atoms with van der Waals surface area (Å²) in [7, 11) is -6.30. The van der Waals surface area contributed by atoms with Crippen LogP contribution in [-0.2, 0) is 23.5 Å². The number of hydrogen-bond donors (Lipinski definition) is 2. The monoisotopic (exact) mass is 546 g/mol. The zero-order valence-corrected chi connectivity index (χ0v) is 25.3. The van der Waals surface area contributed by atoms with E-state index < -0.39 is 45.7 Å². The molecule has 0 aliphatic heterocycles. The van der Waals surface area contributed by atoms with E-state index in [0.29, 0.717) is 13.0 Å². The van der Waals surface area contributed by atoms with Crippen molar-refractivity contribution in [2.24, 2.45) is 0 Å². The van der Waals surface area contributed by atoms with Gasteiger partial charge in [-0.2, -0.15) is 0 Å². The van der Waals surface area contributed by atoms with Gasteiger partial charge in [0.15, 0.2) is 8.32 Å². The summed E-state index contributed by atoms with van der Waals surface area (Å²) >= 11 is 0. The van der Waals surface area contributed by atoms with Crippen molar-refractivity contribution in [2.45, 2.75) is 104 Å². The summed E-state index contributed by atoms with van der Waals surface area (Å²) in [4.78, 5) is 24.1. The van der Waals surface area contributed by atoms with Crippen molar-refractivity contribution in [3.8, 4) is 5.75 Å². The summed E-state index contributed by atoms with van der Waals surface area (Å²) in [6.45, 7) is 21.2. The number of aromatic carboxylic acids is 2. The molecule has 1 aromatic carbocycles. The van der Waals surface area contributed by atoms with Gasteiger partial charge in [0.25, 0.3) is 0 Å². The molecule has 36 heavy (non-hydrogen) atoms. The van der Waals surface area contributed by atoms with E-state index >= 15 is 0 Å². The van der Waals surface area contributed by atoms with Gasteiger partial charge in [-0.25, -0.2) is 14.2 Å². The van der Waals surface area contributed by atoms with Gasteiger partial charge in [0.1, 0.15) is 5.75 Å². The Bertz CT molecular complexity index is 980. The van der Waals surface area contributed by atoms with Gasteiger partial charge in [-0.3, -0.25) is 9.05 Å². The molecule has 2 N–H and O–H groups in total. The Hall–Kier alpha value is -1.71. The van der Waals surface area contributed by atoms with Crippen LogP contribution in [0.15, 0.2) is 12.1 Å². The molecule has 0 heterocycles. The van der Waals surface area contributed by atoms with Crippen molar-refractivity contribution in [3.05, 3.63) is 28.8 Å². The van der Waals surface area contributed by atoms with E-state index in [0.717, 1.165) is 6.07 Å².